The molecule has 6 heteroatoms. The normalized spacial score (nSPS) is 17.2. The lowest BCUT2D eigenvalue weighted by Gasteiger charge is -2.22. The van der Waals surface area contributed by atoms with E-state index >= 15 is 0 Å². The van der Waals surface area contributed by atoms with E-state index in [-0.39, 0.29) is 12.5 Å². The van der Waals surface area contributed by atoms with Gasteiger partial charge in [-0.2, -0.15) is 5.10 Å². The number of hydrogen-bond acceptors (Lipinski definition) is 5. The van der Waals surface area contributed by atoms with Gasteiger partial charge in [0.2, 0.25) is 0 Å². The summed E-state index contributed by atoms with van der Waals surface area (Å²) in [7, 11) is 0. The highest BCUT2D eigenvalue weighted by Gasteiger charge is 2.27. The number of rotatable bonds is 4. The van der Waals surface area contributed by atoms with Crippen molar-refractivity contribution in [2.24, 2.45) is 11.0 Å². The van der Waals surface area contributed by atoms with Crippen molar-refractivity contribution in [3.05, 3.63) is 0 Å². The molecule has 0 heterocycles. The summed E-state index contributed by atoms with van der Waals surface area (Å²) in [5.41, 5.74) is 1.99. The summed E-state index contributed by atoms with van der Waals surface area (Å²) in [6.07, 6.45) is 4.43. The van der Waals surface area contributed by atoms with Crippen LogP contribution < -0.4 is 5.43 Å². The third-order valence-electron chi connectivity index (χ3n) is 3.14. The molecule has 120 valence electrons. The maximum atomic E-state index is 12.0. The van der Waals surface area contributed by atoms with Crippen molar-refractivity contribution < 1.29 is 19.1 Å². The fraction of sp³-hybridized carbons (Fsp3) is 0.800. The van der Waals surface area contributed by atoms with Gasteiger partial charge in [0.1, 0.15) is 11.3 Å². The van der Waals surface area contributed by atoms with Crippen molar-refractivity contribution in [2.45, 2.75) is 65.4 Å². The number of hydrogen-bond donors (Lipinski definition) is 1. The number of amides is 1. The molecule has 0 radical (unpaired) electrons. The number of esters is 1. The first-order valence-corrected chi connectivity index (χ1v) is 7.57. The molecule has 1 saturated carbocycles. The van der Waals surface area contributed by atoms with Gasteiger partial charge in [0, 0.05) is 5.92 Å². The minimum absolute atomic E-state index is 0.0488. The van der Waals surface area contributed by atoms with E-state index in [1.54, 1.807) is 27.7 Å². The van der Waals surface area contributed by atoms with Crippen LogP contribution >= 0.6 is 0 Å². The minimum atomic E-state index is -0.667. The molecule has 0 atom stereocenters. The van der Waals surface area contributed by atoms with Crippen molar-refractivity contribution in [1.82, 2.24) is 5.43 Å². The van der Waals surface area contributed by atoms with Crippen molar-refractivity contribution in [2.75, 3.05) is 6.61 Å². The largest absolute Gasteiger partial charge is 0.461 e. The Morgan fingerprint density at radius 3 is 2.33 bits per heavy atom. The first-order valence-electron chi connectivity index (χ1n) is 7.57. The molecule has 0 aliphatic heterocycles. The fourth-order valence-corrected chi connectivity index (χ4v) is 2.29. The van der Waals surface area contributed by atoms with Gasteiger partial charge in [-0.1, -0.05) is 19.3 Å². The van der Waals surface area contributed by atoms with E-state index in [2.05, 4.69) is 10.5 Å². The van der Waals surface area contributed by atoms with Gasteiger partial charge >= 0.3 is 12.1 Å². The van der Waals surface area contributed by atoms with Gasteiger partial charge in [-0.3, -0.25) is 0 Å². The molecule has 0 spiro atoms. The Hall–Kier alpha value is -1.59. The lowest BCUT2D eigenvalue weighted by atomic mass is 9.86. The maximum absolute atomic E-state index is 12.0. The highest BCUT2D eigenvalue weighted by Crippen LogP contribution is 2.25. The lowest BCUT2D eigenvalue weighted by Crippen LogP contribution is -2.34. The Kier molecular flexibility index (Phi) is 6.65. The van der Waals surface area contributed by atoms with Crippen LogP contribution in [0.1, 0.15) is 59.8 Å². The average Bonchev–Trinajstić information content (AvgIpc) is 2.38. The van der Waals surface area contributed by atoms with Crippen molar-refractivity contribution >= 4 is 17.8 Å². The zero-order chi connectivity index (χ0) is 15.9. The van der Waals surface area contributed by atoms with Crippen LogP contribution in [0.4, 0.5) is 4.79 Å². The Morgan fingerprint density at radius 2 is 1.81 bits per heavy atom. The van der Waals surface area contributed by atoms with Crippen LogP contribution in [0.5, 0.6) is 0 Å². The molecule has 1 N–H and O–H groups in total. The van der Waals surface area contributed by atoms with E-state index in [4.69, 9.17) is 9.47 Å². The molecule has 0 aromatic carbocycles. The number of carbonyl (C=O) groups is 2. The summed E-state index contributed by atoms with van der Waals surface area (Å²) in [5, 5.41) is 3.97. The molecule has 21 heavy (non-hydrogen) atoms. The predicted molar refractivity (Wildman–Crippen MR) is 80.0 cm³/mol. The Balaban J connectivity index is 2.72. The molecule has 1 rings (SSSR count). The van der Waals surface area contributed by atoms with Gasteiger partial charge in [-0.05, 0) is 40.5 Å². The molecule has 0 unspecified atom stereocenters. The number of nitrogens with one attached hydrogen (secondary N) is 1. The molecule has 0 aromatic rings. The summed E-state index contributed by atoms with van der Waals surface area (Å²) in [5.74, 6) is -0.409. The van der Waals surface area contributed by atoms with E-state index in [1.807, 2.05) is 0 Å². The second-order valence-electron chi connectivity index (χ2n) is 6.17. The van der Waals surface area contributed by atoms with Gasteiger partial charge in [-0.25, -0.2) is 15.0 Å². The van der Waals surface area contributed by atoms with Gasteiger partial charge in [0.15, 0.2) is 0 Å². The summed E-state index contributed by atoms with van der Waals surface area (Å²) < 4.78 is 10.1. The molecule has 0 saturated heterocycles. The summed E-state index contributed by atoms with van der Waals surface area (Å²) in [6.45, 7) is 7.34. The van der Waals surface area contributed by atoms with Crippen molar-refractivity contribution in [1.29, 1.82) is 0 Å². The van der Waals surface area contributed by atoms with E-state index in [1.165, 1.54) is 6.42 Å². The maximum Gasteiger partial charge on any atom is 0.428 e. The Bertz CT molecular complexity index is 393. The van der Waals surface area contributed by atoms with E-state index < -0.39 is 17.7 Å². The first-order chi connectivity index (χ1) is 9.83. The second-order valence-corrected chi connectivity index (χ2v) is 6.17. The lowest BCUT2D eigenvalue weighted by molar-refractivity contribution is -0.135. The third kappa shape index (κ3) is 6.60. The quantitative estimate of drug-likeness (QED) is 0.491. The summed E-state index contributed by atoms with van der Waals surface area (Å²) in [4.78, 5) is 23.6. The highest BCUT2D eigenvalue weighted by atomic mass is 16.6. The first kappa shape index (κ1) is 17.5. The monoisotopic (exact) mass is 298 g/mol. The van der Waals surface area contributed by atoms with Gasteiger partial charge in [-0.15, -0.1) is 0 Å². The zero-order valence-corrected chi connectivity index (χ0v) is 13.4. The van der Waals surface area contributed by atoms with E-state index in [0.29, 0.717) is 5.71 Å². The van der Waals surface area contributed by atoms with Gasteiger partial charge in [0.05, 0.1) is 6.61 Å². The van der Waals surface area contributed by atoms with Crippen LogP contribution in [0, 0.1) is 5.92 Å². The number of hydrazone groups is 1. The SMILES string of the molecule is CCOC(=O)/C(=N\NC(=O)OC(C)(C)C)C1CCCCC1. The fourth-order valence-electron chi connectivity index (χ4n) is 2.29. The Morgan fingerprint density at radius 1 is 1.19 bits per heavy atom. The molecule has 1 aliphatic carbocycles. The van der Waals surface area contributed by atoms with Crippen LogP contribution in [0.3, 0.4) is 0 Å². The van der Waals surface area contributed by atoms with Crippen LogP contribution in [0.2, 0.25) is 0 Å². The van der Waals surface area contributed by atoms with Crippen LogP contribution in [0.15, 0.2) is 5.10 Å². The zero-order valence-electron chi connectivity index (χ0n) is 13.4. The summed E-state index contributed by atoms with van der Waals surface area (Å²) in [6, 6.07) is 0. The summed E-state index contributed by atoms with van der Waals surface area (Å²) >= 11 is 0. The molecule has 6 nitrogen and oxygen atoms in total. The number of nitrogens with zero attached hydrogens (tertiary/aromatic N) is 1. The molecular weight excluding hydrogens is 272 g/mol. The second kappa shape index (κ2) is 8.00. The minimum Gasteiger partial charge on any atom is -0.461 e. The standard InChI is InChI=1S/C15H26N2O4/c1-5-20-13(18)12(11-9-7-6-8-10-11)16-17-14(19)21-15(2,3)4/h11H,5-10H2,1-4H3,(H,17,19)/b16-12-. The Labute approximate surface area is 126 Å². The highest BCUT2D eigenvalue weighted by molar-refractivity contribution is 6.37. The van der Waals surface area contributed by atoms with Crippen LogP contribution in [-0.2, 0) is 14.3 Å². The smallest absolute Gasteiger partial charge is 0.428 e. The molecule has 1 fully saturated rings. The molecule has 1 amide bonds. The van der Waals surface area contributed by atoms with Gasteiger partial charge < -0.3 is 9.47 Å². The van der Waals surface area contributed by atoms with Gasteiger partial charge in [0.25, 0.3) is 0 Å². The van der Waals surface area contributed by atoms with Crippen molar-refractivity contribution in [3.63, 3.8) is 0 Å². The molecular formula is C15H26N2O4. The topological polar surface area (TPSA) is 77.0 Å². The van der Waals surface area contributed by atoms with Crippen molar-refractivity contribution in [3.8, 4) is 0 Å². The number of ether oxygens (including phenoxy) is 2. The average molecular weight is 298 g/mol. The third-order valence-corrected chi connectivity index (χ3v) is 3.14. The molecule has 0 aromatic heterocycles. The van der Waals surface area contributed by atoms with Crippen LogP contribution in [0.25, 0.3) is 0 Å². The van der Waals surface area contributed by atoms with Crippen LogP contribution in [-0.4, -0.2) is 30.0 Å². The molecule has 1 aliphatic rings. The molecule has 0 bridgehead atoms. The number of carbonyl (C=O) groups excluding carboxylic acids is 2. The van der Waals surface area contributed by atoms with E-state index in [9.17, 15) is 9.59 Å². The predicted octanol–water partition coefficient (Wildman–Crippen LogP) is 3.01. The van der Waals surface area contributed by atoms with E-state index in [0.717, 1.165) is 25.7 Å².